The van der Waals surface area contributed by atoms with E-state index in [0.717, 1.165) is 6.42 Å². The molecule has 1 aliphatic carbocycles. The van der Waals surface area contributed by atoms with Crippen LogP contribution in [0.3, 0.4) is 0 Å². The van der Waals surface area contributed by atoms with Gasteiger partial charge in [0.15, 0.2) is 0 Å². The van der Waals surface area contributed by atoms with E-state index in [1.54, 1.807) is 0 Å². The van der Waals surface area contributed by atoms with E-state index in [1.807, 2.05) is 13.8 Å². The second-order valence-corrected chi connectivity index (χ2v) is 7.97. The van der Waals surface area contributed by atoms with E-state index in [4.69, 9.17) is 5.73 Å². The van der Waals surface area contributed by atoms with Gasteiger partial charge < -0.3 is 5.73 Å². The van der Waals surface area contributed by atoms with E-state index >= 15 is 0 Å². The molecule has 0 saturated heterocycles. The summed E-state index contributed by atoms with van der Waals surface area (Å²) in [5.74, 6) is 0. The van der Waals surface area contributed by atoms with E-state index in [-0.39, 0.29) is 31.7 Å². The molecule has 78 valence electrons. The fourth-order valence-electron chi connectivity index (χ4n) is 2.42. The van der Waals surface area contributed by atoms with Crippen LogP contribution in [0, 0.1) is 0 Å². The number of nitrogens with one attached hydrogen (secondary N) is 1. The molecule has 0 aliphatic heterocycles. The van der Waals surface area contributed by atoms with E-state index in [9.17, 15) is 0 Å². The number of hydrogen-bond acceptors (Lipinski definition) is 0. The van der Waals surface area contributed by atoms with Crippen molar-refractivity contribution in [2.75, 3.05) is 0 Å². The molecule has 1 atom stereocenters. The zero-order valence-electron chi connectivity index (χ0n) is 9.59. The minimum Gasteiger partial charge on any atom is -0.672 e. The van der Waals surface area contributed by atoms with E-state index in [0.29, 0.717) is 5.54 Å². The van der Waals surface area contributed by atoms with Gasteiger partial charge in [0.05, 0.1) is 0 Å². The van der Waals surface area contributed by atoms with Crippen LogP contribution < -0.4 is 0 Å². The van der Waals surface area contributed by atoms with Crippen LogP contribution in [-0.4, -0.2) is 14.3 Å². The van der Waals surface area contributed by atoms with Gasteiger partial charge in [-0.25, -0.2) is 0 Å². The van der Waals surface area contributed by atoms with Crippen molar-refractivity contribution in [1.29, 1.82) is 0 Å². The maximum atomic E-state index is 8.15. The van der Waals surface area contributed by atoms with E-state index in [2.05, 4.69) is 31.3 Å². The number of rotatable bonds is 3. The third-order valence-corrected chi connectivity index (χ3v) is 5.24. The molecule has 0 heterocycles. The Morgan fingerprint density at radius 2 is 2.00 bits per heavy atom. The Hall–Kier alpha value is 0.540. The SMILES string of the molecule is C[SiH](C)C(C1=CC=CC1)C(C)(C)[NH-].[Zr]. The first-order valence-corrected chi connectivity index (χ1v) is 8.01. The Bertz CT molecular complexity index is 238. The third-order valence-electron chi connectivity index (χ3n) is 2.64. The van der Waals surface area contributed by atoms with Crippen LogP contribution in [0.15, 0.2) is 23.8 Å². The second kappa shape index (κ2) is 5.58. The molecule has 0 amide bonds. The summed E-state index contributed by atoms with van der Waals surface area (Å²) in [4.78, 5) is 0. The monoisotopic (exact) mass is 284 g/mol. The van der Waals surface area contributed by atoms with Gasteiger partial charge in [-0.2, -0.15) is 0 Å². The van der Waals surface area contributed by atoms with Gasteiger partial charge in [-0.05, 0) is 12.0 Å². The van der Waals surface area contributed by atoms with E-state index in [1.165, 1.54) is 5.57 Å². The van der Waals surface area contributed by atoms with Gasteiger partial charge in [-0.3, -0.25) is 0 Å². The molecule has 0 bridgehead atoms. The molecule has 1 nitrogen and oxygen atoms in total. The first-order valence-electron chi connectivity index (χ1n) is 5.03. The van der Waals surface area contributed by atoms with Crippen LogP contribution in [0.4, 0.5) is 0 Å². The van der Waals surface area contributed by atoms with Gasteiger partial charge >= 0.3 is 0 Å². The fraction of sp³-hybridized carbons (Fsp3) is 0.636. The van der Waals surface area contributed by atoms with Crippen LogP contribution in [0.5, 0.6) is 0 Å². The zero-order valence-corrected chi connectivity index (χ0v) is 13.2. The van der Waals surface area contributed by atoms with Gasteiger partial charge in [0.1, 0.15) is 0 Å². The first-order chi connectivity index (χ1) is 5.93. The molecular weight excluding hydrogens is 265 g/mol. The van der Waals surface area contributed by atoms with Gasteiger partial charge in [0, 0.05) is 35.0 Å². The number of allylic oxidation sites excluding steroid dienone is 3. The van der Waals surface area contributed by atoms with Crippen molar-refractivity contribution in [3.63, 3.8) is 0 Å². The standard InChI is InChI=1S/C11H20NSi.Zr/c1-11(2,12)10(13(3)4)9-7-5-6-8-9;/h5-7,10,12-13H,8H2,1-4H3;/q-1;. The Kier molecular flexibility index (Phi) is 5.79. The average molecular weight is 286 g/mol. The van der Waals surface area contributed by atoms with Crippen LogP contribution in [0.1, 0.15) is 20.3 Å². The topological polar surface area (TPSA) is 23.8 Å². The molecule has 0 aromatic heterocycles. The van der Waals surface area contributed by atoms with Crippen molar-refractivity contribution in [3.8, 4) is 0 Å². The quantitative estimate of drug-likeness (QED) is 0.708. The van der Waals surface area contributed by atoms with Crippen LogP contribution in [0.25, 0.3) is 5.73 Å². The van der Waals surface area contributed by atoms with Gasteiger partial charge in [0.25, 0.3) is 0 Å². The predicted octanol–water partition coefficient (Wildman–Crippen LogP) is 3.56. The number of hydrogen-bond donors (Lipinski definition) is 0. The summed E-state index contributed by atoms with van der Waals surface area (Å²) in [6.45, 7) is 8.79. The Morgan fingerprint density at radius 1 is 1.43 bits per heavy atom. The van der Waals surface area contributed by atoms with Crippen LogP contribution in [0.2, 0.25) is 18.6 Å². The minimum absolute atomic E-state index is 0. The molecule has 0 radical (unpaired) electrons. The second-order valence-electron chi connectivity index (χ2n) is 4.82. The Morgan fingerprint density at radius 3 is 2.29 bits per heavy atom. The van der Waals surface area contributed by atoms with Crippen molar-refractivity contribution in [2.45, 2.75) is 44.4 Å². The molecule has 0 aromatic rings. The molecule has 1 rings (SSSR count). The van der Waals surface area contributed by atoms with Crippen molar-refractivity contribution in [1.82, 2.24) is 0 Å². The van der Waals surface area contributed by atoms with E-state index < -0.39 is 8.80 Å². The molecule has 0 spiro atoms. The van der Waals surface area contributed by atoms with Gasteiger partial charge in [-0.15, -0.1) is 5.54 Å². The summed E-state index contributed by atoms with van der Waals surface area (Å²) in [5.41, 5.74) is 9.87. The predicted molar refractivity (Wildman–Crippen MR) is 62.9 cm³/mol. The summed E-state index contributed by atoms with van der Waals surface area (Å²) in [5, 5.41) is 0. The maximum absolute atomic E-state index is 8.15. The molecule has 0 aromatic carbocycles. The normalized spacial score (nSPS) is 18.0. The minimum atomic E-state index is -0.759. The Balaban J connectivity index is 0.00000169. The molecule has 14 heavy (non-hydrogen) atoms. The van der Waals surface area contributed by atoms with Crippen LogP contribution >= 0.6 is 0 Å². The first kappa shape index (κ1) is 14.5. The molecule has 0 fully saturated rings. The molecule has 3 heteroatoms. The summed E-state index contributed by atoms with van der Waals surface area (Å²) in [6, 6.07) is 0. The third kappa shape index (κ3) is 3.60. The smallest absolute Gasteiger partial charge is 0.0368 e. The van der Waals surface area contributed by atoms with Gasteiger partial charge in [0.2, 0.25) is 0 Å². The van der Waals surface area contributed by atoms with Gasteiger partial charge in [-0.1, -0.05) is 50.7 Å². The molecule has 0 saturated carbocycles. The molecular formula is C11H20NSiZr-. The molecule has 1 aliphatic rings. The summed E-state index contributed by atoms with van der Waals surface area (Å²) in [7, 11) is -0.759. The van der Waals surface area contributed by atoms with Crippen molar-refractivity contribution >= 4 is 8.80 Å². The fourth-order valence-corrected chi connectivity index (χ4v) is 5.19. The summed E-state index contributed by atoms with van der Waals surface area (Å²) in [6.07, 6.45) is 7.63. The largest absolute Gasteiger partial charge is 0.672 e. The van der Waals surface area contributed by atoms with Crippen molar-refractivity contribution in [2.24, 2.45) is 0 Å². The van der Waals surface area contributed by atoms with Crippen molar-refractivity contribution in [3.05, 3.63) is 29.5 Å². The summed E-state index contributed by atoms with van der Waals surface area (Å²) < 4.78 is 0. The van der Waals surface area contributed by atoms with Crippen molar-refractivity contribution < 1.29 is 26.2 Å². The van der Waals surface area contributed by atoms with Crippen LogP contribution in [-0.2, 0) is 26.2 Å². The zero-order chi connectivity index (χ0) is 10.1. The average Bonchev–Trinajstić information content (AvgIpc) is 2.34. The molecule has 1 N–H and O–H groups in total. The summed E-state index contributed by atoms with van der Waals surface area (Å²) >= 11 is 0. The maximum Gasteiger partial charge on any atom is 0.0368 e. The molecule has 1 unspecified atom stereocenters. The Labute approximate surface area is 109 Å².